The summed E-state index contributed by atoms with van der Waals surface area (Å²) < 4.78 is 43.5. The van der Waals surface area contributed by atoms with Crippen LogP contribution in [0.4, 0.5) is 5.69 Å². The maximum atomic E-state index is 12.7. The van der Waals surface area contributed by atoms with Gasteiger partial charge < -0.3 is 14.2 Å². The van der Waals surface area contributed by atoms with E-state index in [4.69, 9.17) is 14.2 Å². The van der Waals surface area contributed by atoms with E-state index >= 15 is 0 Å². The molecule has 30 heavy (non-hydrogen) atoms. The number of rotatable bonds is 7. The molecule has 3 aromatic carbocycles. The van der Waals surface area contributed by atoms with E-state index in [0.29, 0.717) is 17.2 Å². The Morgan fingerprint density at radius 1 is 0.833 bits per heavy atom. The minimum atomic E-state index is -3.89. The summed E-state index contributed by atoms with van der Waals surface area (Å²) in [7, 11) is -1.10. The SMILES string of the molecule is COC(=O)c1cc(Oc2ccc(OC)cc2)ccc1NS(=O)(=O)c1ccc(C)cc1. The third kappa shape index (κ3) is 4.90. The highest BCUT2D eigenvalue weighted by Gasteiger charge is 2.20. The Labute approximate surface area is 175 Å². The molecule has 0 unspecified atom stereocenters. The lowest BCUT2D eigenvalue weighted by atomic mass is 10.1. The Bertz CT molecular complexity index is 1140. The number of anilines is 1. The predicted molar refractivity (Wildman–Crippen MR) is 113 cm³/mol. The summed E-state index contributed by atoms with van der Waals surface area (Å²) in [6.45, 7) is 1.86. The summed E-state index contributed by atoms with van der Waals surface area (Å²) in [6.07, 6.45) is 0. The van der Waals surface area contributed by atoms with Gasteiger partial charge in [-0.3, -0.25) is 4.72 Å². The van der Waals surface area contributed by atoms with Gasteiger partial charge in [-0.1, -0.05) is 17.7 Å². The second-order valence-electron chi connectivity index (χ2n) is 6.40. The number of carbonyl (C=O) groups is 1. The number of esters is 1. The summed E-state index contributed by atoms with van der Waals surface area (Å²) in [4.78, 5) is 12.3. The van der Waals surface area contributed by atoms with Gasteiger partial charge in [-0.2, -0.15) is 0 Å². The molecule has 0 aliphatic rings. The van der Waals surface area contributed by atoms with Crippen LogP contribution in [0.5, 0.6) is 17.2 Å². The Balaban J connectivity index is 1.90. The van der Waals surface area contributed by atoms with Crippen LogP contribution in [0, 0.1) is 6.92 Å². The highest BCUT2D eigenvalue weighted by Crippen LogP contribution is 2.29. The topological polar surface area (TPSA) is 90.9 Å². The van der Waals surface area contributed by atoms with Crippen molar-refractivity contribution in [2.45, 2.75) is 11.8 Å². The van der Waals surface area contributed by atoms with Crippen LogP contribution >= 0.6 is 0 Å². The predicted octanol–water partition coefficient (Wildman–Crippen LogP) is 4.38. The van der Waals surface area contributed by atoms with E-state index in [1.807, 2.05) is 6.92 Å². The van der Waals surface area contributed by atoms with Gasteiger partial charge in [0.1, 0.15) is 17.2 Å². The summed E-state index contributed by atoms with van der Waals surface area (Å²) in [5.41, 5.74) is 1.05. The van der Waals surface area contributed by atoms with Crippen molar-refractivity contribution in [1.82, 2.24) is 0 Å². The summed E-state index contributed by atoms with van der Waals surface area (Å²) in [5.74, 6) is 0.855. The van der Waals surface area contributed by atoms with Crippen molar-refractivity contribution in [2.75, 3.05) is 18.9 Å². The van der Waals surface area contributed by atoms with Gasteiger partial charge in [-0.15, -0.1) is 0 Å². The molecular weight excluding hydrogens is 406 g/mol. The van der Waals surface area contributed by atoms with Crippen LogP contribution in [0.1, 0.15) is 15.9 Å². The molecule has 0 aliphatic carbocycles. The molecule has 156 valence electrons. The summed E-state index contributed by atoms with van der Waals surface area (Å²) in [6, 6.07) is 17.7. The first-order chi connectivity index (χ1) is 14.3. The molecule has 0 spiro atoms. The maximum Gasteiger partial charge on any atom is 0.340 e. The fraction of sp³-hybridized carbons (Fsp3) is 0.136. The fourth-order valence-corrected chi connectivity index (χ4v) is 3.74. The number of hydrogen-bond donors (Lipinski definition) is 1. The Morgan fingerprint density at radius 2 is 1.43 bits per heavy atom. The number of sulfonamides is 1. The van der Waals surface area contributed by atoms with Crippen LogP contribution in [0.3, 0.4) is 0 Å². The molecule has 3 rings (SSSR count). The van der Waals surface area contributed by atoms with Crippen molar-refractivity contribution in [2.24, 2.45) is 0 Å². The number of carbonyl (C=O) groups excluding carboxylic acids is 1. The third-order valence-electron chi connectivity index (χ3n) is 4.27. The molecule has 0 aliphatic heterocycles. The highest BCUT2D eigenvalue weighted by atomic mass is 32.2. The standard InChI is InChI=1S/C22H21NO6S/c1-15-4-11-19(12-5-15)30(25,26)23-21-13-10-18(14-20(21)22(24)28-3)29-17-8-6-16(27-2)7-9-17/h4-14,23H,1-3H3. The normalized spacial score (nSPS) is 10.9. The molecule has 0 fully saturated rings. The van der Waals surface area contributed by atoms with Gasteiger partial charge in [-0.05, 0) is 61.5 Å². The van der Waals surface area contributed by atoms with Crippen LogP contribution in [-0.2, 0) is 14.8 Å². The van der Waals surface area contributed by atoms with Gasteiger partial charge in [0.2, 0.25) is 0 Å². The highest BCUT2D eigenvalue weighted by molar-refractivity contribution is 7.92. The van der Waals surface area contributed by atoms with Gasteiger partial charge in [-0.25, -0.2) is 13.2 Å². The molecule has 0 saturated heterocycles. The number of methoxy groups -OCH3 is 2. The first-order valence-electron chi connectivity index (χ1n) is 8.96. The maximum absolute atomic E-state index is 12.7. The first-order valence-corrected chi connectivity index (χ1v) is 10.4. The second kappa shape index (κ2) is 8.87. The Hall–Kier alpha value is -3.52. The first kappa shape index (κ1) is 21.2. The summed E-state index contributed by atoms with van der Waals surface area (Å²) in [5, 5.41) is 0. The fourth-order valence-electron chi connectivity index (χ4n) is 2.66. The van der Waals surface area contributed by atoms with Gasteiger partial charge in [0.15, 0.2) is 0 Å². The van der Waals surface area contributed by atoms with Gasteiger partial charge in [0.25, 0.3) is 10.0 Å². The van der Waals surface area contributed by atoms with Crippen molar-refractivity contribution in [3.63, 3.8) is 0 Å². The van der Waals surface area contributed by atoms with Gasteiger partial charge in [0.05, 0.1) is 30.4 Å². The lowest BCUT2D eigenvalue weighted by molar-refractivity contribution is 0.0601. The smallest absolute Gasteiger partial charge is 0.340 e. The molecule has 0 bridgehead atoms. The van der Waals surface area contributed by atoms with E-state index in [-0.39, 0.29) is 16.1 Å². The number of aryl methyl sites for hydroxylation is 1. The lowest BCUT2D eigenvalue weighted by Crippen LogP contribution is -2.16. The number of nitrogens with one attached hydrogen (secondary N) is 1. The van der Waals surface area contributed by atoms with Crippen molar-refractivity contribution >= 4 is 21.7 Å². The monoisotopic (exact) mass is 427 g/mol. The lowest BCUT2D eigenvalue weighted by Gasteiger charge is -2.14. The van der Waals surface area contributed by atoms with Gasteiger partial charge in [0, 0.05) is 0 Å². The molecule has 0 aromatic heterocycles. The van der Waals surface area contributed by atoms with E-state index in [1.165, 1.54) is 31.4 Å². The van der Waals surface area contributed by atoms with E-state index < -0.39 is 16.0 Å². The average molecular weight is 427 g/mol. The molecule has 1 N–H and O–H groups in total. The van der Waals surface area contributed by atoms with Crippen molar-refractivity contribution in [1.29, 1.82) is 0 Å². The van der Waals surface area contributed by atoms with Crippen molar-refractivity contribution in [3.05, 3.63) is 77.9 Å². The zero-order valence-electron chi connectivity index (χ0n) is 16.7. The average Bonchev–Trinajstić information content (AvgIpc) is 2.75. The molecule has 0 saturated carbocycles. The zero-order valence-corrected chi connectivity index (χ0v) is 17.5. The molecule has 7 nitrogen and oxygen atoms in total. The Kier molecular flexibility index (Phi) is 6.27. The van der Waals surface area contributed by atoms with E-state index in [1.54, 1.807) is 49.6 Å². The number of hydrogen-bond acceptors (Lipinski definition) is 6. The van der Waals surface area contributed by atoms with Crippen LogP contribution in [0.15, 0.2) is 71.6 Å². The molecule has 3 aromatic rings. The van der Waals surface area contributed by atoms with Crippen molar-refractivity contribution < 1.29 is 27.4 Å². The van der Waals surface area contributed by atoms with E-state index in [2.05, 4.69) is 4.72 Å². The van der Waals surface area contributed by atoms with Crippen LogP contribution in [-0.4, -0.2) is 28.6 Å². The molecule has 8 heteroatoms. The largest absolute Gasteiger partial charge is 0.497 e. The minimum absolute atomic E-state index is 0.0270. The number of ether oxygens (including phenoxy) is 3. The molecule has 0 radical (unpaired) electrons. The second-order valence-corrected chi connectivity index (χ2v) is 8.08. The quantitative estimate of drug-likeness (QED) is 0.563. The number of benzene rings is 3. The molecule has 0 amide bonds. The molecule has 0 atom stereocenters. The van der Waals surface area contributed by atoms with Crippen molar-refractivity contribution in [3.8, 4) is 17.2 Å². The Morgan fingerprint density at radius 3 is 2.03 bits per heavy atom. The zero-order chi connectivity index (χ0) is 21.7. The van der Waals surface area contributed by atoms with Crippen LogP contribution < -0.4 is 14.2 Å². The van der Waals surface area contributed by atoms with Gasteiger partial charge >= 0.3 is 5.97 Å². The van der Waals surface area contributed by atoms with E-state index in [9.17, 15) is 13.2 Å². The minimum Gasteiger partial charge on any atom is -0.497 e. The third-order valence-corrected chi connectivity index (χ3v) is 5.65. The van der Waals surface area contributed by atoms with Crippen LogP contribution in [0.25, 0.3) is 0 Å². The molecular formula is C22H21NO6S. The van der Waals surface area contributed by atoms with E-state index in [0.717, 1.165) is 5.56 Å². The van der Waals surface area contributed by atoms with Crippen LogP contribution in [0.2, 0.25) is 0 Å². The summed E-state index contributed by atoms with van der Waals surface area (Å²) >= 11 is 0. The molecule has 0 heterocycles.